The van der Waals surface area contributed by atoms with Gasteiger partial charge in [-0.3, -0.25) is 0 Å². The average molecular weight is 367 g/mol. The first-order chi connectivity index (χ1) is 11.5. The van der Waals surface area contributed by atoms with E-state index in [0.29, 0.717) is 11.1 Å². The molecule has 0 radical (unpaired) electrons. The van der Waals surface area contributed by atoms with Gasteiger partial charge in [0.1, 0.15) is 19.3 Å². The van der Waals surface area contributed by atoms with Crippen LogP contribution in [0.4, 0.5) is 0 Å². The molecule has 1 heterocycles. The minimum absolute atomic E-state index is 0.101. The fraction of sp³-hybridized carbons (Fsp3) is 0.176. The molecule has 1 N–H and O–H groups in total. The lowest BCUT2D eigenvalue weighted by Crippen LogP contribution is -2.25. The second-order valence-corrected chi connectivity index (χ2v) is 5.99. The highest BCUT2D eigenvalue weighted by Gasteiger charge is 2.26. The van der Waals surface area contributed by atoms with Crippen molar-refractivity contribution in [3.8, 4) is 11.1 Å². The molecule has 1 aliphatic heterocycles. The number of halogens is 2. The van der Waals surface area contributed by atoms with E-state index in [2.05, 4.69) is 0 Å². The highest BCUT2D eigenvalue weighted by molar-refractivity contribution is 6.35. The van der Waals surface area contributed by atoms with Gasteiger partial charge in [0.05, 0.1) is 21.2 Å². The van der Waals surface area contributed by atoms with Crippen molar-refractivity contribution in [3.05, 3.63) is 57.6 Å². The van der Waals surface area contributed by atoms with Crippen molar-refractivity contribution in [2.45, 2.75) is 6.10 Å². The molecule has 0 amide bonds. The van der Waals surface area contributed by atoms with E-state index in [0.717, 1.165) is 0 Å². The lowest BCUT2D eigenvalue weighted by atomic mass is 9.95. The molecule has 5 nitrogen and oxygen atoms in total. The number of fused-ring (bicyclic) bond motifs is 3. The largest absolute Gasteiger partial charge is 0.459 e. The smallest absolute Gasteiger partial charge is 0.340 e. The summed E-state index contributed by atoms with van der Waals surface area (Å²) in [5.41, 5.74) is 1.01. The molecule has 0 atom stereocenters. The highest BCUT2D eigenvalue weighted by Crippen LogP contribution is 2.35. The van der Waals surface area contributed by atoms with E-state index in [1.807, 2.05) is 0 Å². The minimum atomic E-state index is -1.15. The highest BCUT2D eigenvalue weighted by atomic mass is 35.5. The Morgan fingerprint density at radius 2 is 1.25 bits per heavy atom. The third-order valence-electron chi connectivity index (χ3n) is 3.54. The van der Waals surface area contributed by atoms with Gasteiger partial charge in [-0.05, 0) is 23.3 Å². The van der Waals surface area contributed by atoms with Crippen LogP contribution in [0.2, 0.25) is 10.0 Å². The fourth-order valence-electron chi connectivity index (χ4n) is 2.45. The van der Waals surface area contributed by atoms with Gasteiger partial charge in [-0.15, -0.1) is 0 Å². The molecule has 124 valence electrons. The van der Waals surface area contributed by atoms with Crippen molar-refractivity contribution in [2.75, 3.05) is 13.2 Å². The van der Waals surface area contributed by atoms with Crippen LogP contribution in [0.3, 0.4) is 0 Å². The Morgan fingerprint density at radius 1 is 0.833 bits per heavy atom. The third-order valence-corrected chi connectivity index (χ3v) is 4.17. The number of hydrogen-bond acceptors (Lipinski definition) is 5. The van der Waals surface area contributed by atoms with E-state index in [1.54, 1.807) is 36.4 Å². The zero-order valence-corrected chi connectivity index (χ0v) is 13.8. The zero-order valence-electron chi connectivity index (χ0n) is 12.3. The van der Waals surface area contributed by atoms with Crippen LogP contribution >= 0.6 is 23.2 Å². The Kier molecular flexibility index (Phi) is 4.76. The number of ether oxygens (including phenoxy) is 2. The van der Waals surface area contributed by atoms with E-state index in [4.69, 9.17) is 32.7 Å². The van der Waals surface area contributed by atoms with Crippen molar-refractivity contribution >= 4 is 35.1 Å². The van der Waals surface area contributed by atoms with E-state index >= 15 is 0 Å². The van der Waals surface area contributed by atoms with Gasteiger partial charge in [0.2, 0.25) is 0 Å². The quantitative estimate of drug-likeness (QED) is 0.723. The lowest BCUT2D eigenvalue weighted by molar-refractivity contribution is -0.00439. The van der Waals surface area contributed by atoms with Gasteiger partial charge >= 0.3 is 11.9 Å². The van der Waals surface area contributed by atoms with Crippen LogP contribution in [-0.4, -0.2) is 36.4 Å². The number of esters is 2. The number of cyclic esters (lactones) is 2. The van der Waals surface area contributed by atoms with Crippen molar-refractivity contribution in [1.82, 2.24) is 0 Å². The summed E-state index contributed by atoms with van der Waals surface area (Å²) in [5.74, 6) is -1.40. The summed E-state index contributed by atoms with van der Waals surface area (Å²) >= 11 is 12.3. The Bertz CT molecular complexity index is 751. The molecule has 0 bridgehead atoms. The van der Waals surface area contributed by atoms with Crippen LogP contribution in [0.25, 0.3) is 11.1 Å². The van der Waals surface area contributed by atoms with Gasteiger partial charge in [-0.1, -0.05) is 47.5 Å². The molecule has 1 aliphatic rings. The summed E-state index contributed by atoms with van der Waals surface area (Å²) in [7, 11) is 0. The summed E-state index contributed by atoms with van der Waals surface area (Å²) in [6.07, 6.45) is -1.15. The molecule has 0 spiro atoms. The summed E-state index contributed by atoms with van der Waals surface area (Å²) < 4.78 is 10.2. The number of rotatable bonds is 0. The van der Waals surface area contributed by atoms with Crippen molar-refractivity contribution < 1.29 is 24.2 Å². The summed E-state index contributed by atoms with van der Waals surface area (Å²) in [6, 6.07) is 9.66. The number of hydrogen-bond donors (Lipinski definition) is 1. The molecule has 24 heavy (non-hydrogen) atoms. The first-order valence-corrected chi connectivity index (χ1v) is 7.84. The average Bonchev–Trinajstić information content (AvgIpc) is 2.58. The molecule has 7 heteroatoms. The molecule has 0 unspecified atom stereocenters. The van der Waals surface area contributed by atoms with Crippen molar-refractivity contribution in [2.24, 2.45) is 0 Å². The van der Waals surface area contributed by atoms with Gasteiger partial charge in [-0.25, -0.2) is 9.59 Å². The molecule has 0 saturated carbocycles. The normalized spacial score (nSPS) is 15.6. The SMILES string of the molecule is O=C1OCC(O)COC(=O)c2c(Cl)cccc2-c2cccc(Cl)c21. The van der Waals surface area contributed by atoms with E-state index in [1.165, 1.54) is 0 Å². The van der Waals surface area contributed by atoms with Crippen molar-refractivity contribution in [1.29, 1.82) is 0 Å². The maximum Gasteiger partial charge on any atom is 0.340 e. The molecule has 0 aromatic heterocycles. The molecule has 0 fully saturated rings. The van der Waals surface area contributed by atoms with Crippen LogP contribution in [0.15, 0.2) is 36.4 Å². The number of carbonyl (C=O) groups excluding carboxylic acids is 2. The first kappa shape index (κ1) is 16.8. The maximum atomic E-state index is 12.4. The van der Waals surface area contributed by atoms with Crippen molar-refractivity contribution in [3.63, 3.8) is 0 Å². The van der Waals surface area contributed by atoms with E-state index in [9.17, 15) is 14.7 Å². The standard InChI is InChI=1S/C17H12Cl2O5/c18-12-5-1-3-10-11-4-2-6-13(19)15(11)17(22)24-8-9(20)7-23-16(21)14(10)12/h1-6,9,20H,7-8H2. The molecular formula is C17H12Cl2O5. The molecular weight excluding hydrogens is 355 g/mol. The Morgan fingerprint density at radius 3 is 1.67 bits per heavy atom. The van der Waals surface area contributed by atoms with Crippen LogP contribution < -0.4 is 0 Å². The van der Waals surface area contributed by atoms with Gasteiger partial charge in [0, 0.05) is 0 Å². The van der Waals surface area contributed by atoms with Gasteiger partial charge in [0.25, 0.3) is 0 Å². The van der Waals surface area contributed by atoms with E-state index < -0.39 is 18.0 Å². The lowest BCUT2D eigenvalue weighted by Gasteiger charge is -2.13. The zero-order chi connectivity index (χ0) is 17.3. The van der Waals surface area contributed by atoms with Gasteiger partial charge in [-0.2, -0.15) is 0 Å². The van der Waals surface area contributed by atoms with Crippen LogP contribution in [0, 0.1) is 0 Å². The maximum absolute atomic E-state index is 12.4. The Labute approximate surface area is 147 Å². The Hall–Kier alpha value is -2.08. The van der Waals surface area contributed by atoms with E-state index in [-0.39, 0.29) is 34.4 Å². The second-order valence-electron chi connectivity index (χ2n) is 5.18. The third kappa shape index (κ3) is 3.11. The van der Waals surface area contributed by atoms with Gasteiger partial charge < -0.3 is 14.6 Å². The number of aliphatic hydroxyl groups is 1. The molecule has 3 rings (SSSR count). The molecule has 2 aromatic rings. The number of carbonyl (C=O) groups is 2. The predicted molar refractivity (Wildman–Crippen MR) is 88.5 cm³/mol. The Balaban J connectivity index is 2.29. The number of benzene rings is 2. The van der Waals surface area contributed by atoms with Crippen LogP contribution in [-0.2, 0) is 9.47 Å². The predicted octanol–water partition coefficient (Wildman–Crippen LogP) is 3.35. The molecule has 0 aliphatic carbocycles. The summed E-state index contributed by atoms with van der Waals surface area (Å²) in [4.78, 5) is 24.8. The molecule has 0 saturated heterocycles. The first-order valence-electron chi connectivity index (χ1n) is 7.08. The second kappa shape index (κ2) is 6.81. The van der Waals surface area contributed by atoms with Crippen LogP contribution in [0.1, 0.15) is 20.7 Å². The number of aliphatic hydroxyl groups excluding tert-OH is 1. The minimum Gasteiger partial charge on any atom is -0.459 e. The van der Waals surface area contributed by atoms with Gasteiger partial charge in [0.15, 0.2) is 0 Å². The fourth-order valence-corrected chi connectivity index (χ4v) is 2.95. The summed E-state index contributed by atoms with van der Waals surface area (Å²) in [5, 5.41) is 10.1. The summed E-state index contributed by atoms with van der Waals surface area (Å²) in [6.45, 7) is -0.637. The topological polar surface area (TPSA) is 72.8 Å². The monoisotopic (exact) mass is 366 g/mol. The molecule has 2 aromatic carbocycles. The van der Waals surface area contributed by atoms with Crippen LogP contribution in [0.5, 0.6) is 0 Å².